The maximum atomic E-state index is 11.4. The van der Waals surface area contributed by atoms with Gasteiger partial charge in [0.2, 0.25) is 5.91 Å². The molecule has 0 fully saturated rings. The van der Waals surface area contributed by atoms with Crippen molar-refractivity contribution in [3.05, 3.63) is 23.8 Å². The zero-order chi connectivity index (χ0) is 14.5. The Labute approximate surface area is 117 Å². The van der Waals surface area contributed by atoms with E-state index in [4.69, 9.17) is 15.4 Å². The molecule has 0 aliphatic carbocycles. The van der Waals surface area contributed by atoms with Crippen molar-refractivity contribution in [2.24, 2.45) is 0 Å². The number of ether oxygens (including phenoxy) is 1. The number of hydrogen-bond acceptors (Lipinski definition) is 4. The van der Waals surface area contributed by atoms with Gasteiger partial charge >= 0.3 is 0 Å². The molecular formula is C12H16ClNO4S. The normalized spacial score (nSPS) is 11.1. The number of aryl methyl sites for hydroxylation is 1. The molecule has 0 aliphatic rings. The number of halogens is 1. The lowest BCUT2D eigenvalue weighted by Gasteiger charge is -2.10. The molecule has 5 nitrogen and oxygen atoms in total. The standard InChI is InChI=1S/C12H16ClNO4S/c1-9-5-6-10(11(8-9)19(13,16)17)18-7-3-4-12(15)14-2/h5-6,8H,3-4,7H2,1-2H3,(H,14,15). The molecule has 0 atom stereocenters. The zero-order valence-corrected chi connectivity index (χ0v) is 12.3. The highest BCUT2D eigenvalue weighted by Crippen LogP contribution is 2.28. The molecule has 1 aromatic rings. The summed E-state index contributed by atoms with van der Waals surface area (Å²) in [7, 11) is 3.06. The summed E-state index contributed by atoms with van der Waals surface area (Å²) in [5, 5.41) is 2.50. The summed E-state index contributed by atoms with van der Waals surface area (Å²) >= 11 is 0. The van der Waals surface area contributed by atoms with Gasteiger partial charge in [-0.3, -0.25) is 4.79 Å². The van der Waals surface area contributed by atoms with Gasteiger partial charge < -0.3 is 10.1 Å². The van der Waals surface area contributed by atoms with Crippen molar-refractivity contribution in [3.63, 3.8) is 0 Å². The average molecular weight is 306 g/mol. The van der Waals surface area contributed by atoms with Crippen molar-refractivity contribution in [1.29, 1.82) is 0 Å². The van der Waals surface area contributed by atoms with Gasteiger partial charge in [-0.25, -0.2) is 8.42 Å². The smallest absolute Gasteiger partial charge is 0.264 e. The summed E-state index contributed by atoms with van der Waals surface area (Å²) in [5.74, 6) is 0.121. The topological polar surface area (TPSA) is 72.5 Å². The fraction of sp³-hybridized carbons (Fsp3) is 0.417. The Bertz CT molecular complexity index is 557. The summed E-state index contributed by atoms with van der Waals surface area (Å²) in [6.45, 7) is 2.01. The Morgan fingerprint density at radius 3 is 2.68 bits per heavy atom. The first-order valence-electron chi connectivity index (χ1n) is 5.73. The van der Waals surface area contributed by atoms with E-state index in [-0.39, 0.29) is 23.2 Å². The van der Waals surface area contributed by atoms with E-state index in [0.717, 1.165) is 5.56 Å². The molecule has 0 saturated heterocycles. The van der Waals surface area contributed by atoms with E-state index in [1.165, 1.54) is 6.07 Å². The van der Waals surface area contributed by atoms with Crippen LogP contribution in [0.4, 0.5) is 0 Å². The zero-order valence-electron chi connectivity index (χ0n) is 10.8. The van der Waals surface area contributed by atoms with Crippen LogP contribution < -0.4 is 10.1 Å². The molecule has 7 heteroatoms. The van der Waals surface area contributed by atoms with Gasteiger partial charge in [0.1, 0.15) is 10.6 Å². The Morgan fingerprint density at radius 2 is 2.11 bits per heavy atom. The number of rotatable bonds is 6. The Balaban J connectivity index is 2.71. The fourth-order valence-corrected chi connectivity index (χ4v) is 2.52. The second-order valence-electron chi connectivity index (χ2n) is 4.01. The average Bonchev–Trinajstić information content (AvgIpc) is 2.34. The van der Waals surface area contributed by atoms with Crippen molar-refractivity contribution in [1.82, 2.24) is 5.32 Å². The van der Waals surface area contributed by atoms with Gasteiger partial charge in [-0.2, -0.15) is 0 Å². The van der Waals surface area contributed by atoms with E-state index in [2.05, 4.69) is 5.32 Å². The lowest BCUT2D eigenvalue weighted by molar-refractivity contribution is -0.120. The second-order valence-corrected chi connectivity index (χ2v) is 6.55. The van der Waals surface area contributed by atoms with E-state index in [1.807, 2.05) is 0 Å². The molecule has 106 valence electrons. The van der Waals surface area contributed by atoms with E-state index >= 15 is 0 Å². The molecule has 0 spiro atoms. The van der Waals surface area contributed by atoms with Gasteiger partial charge in [-0.05, 0) is 31.0 Å². The highest BCUT2D eigenvalue weighted by Gasteiger charge is 2.17. The second kappa shape index (κ2) is 6.77. The largest absolute Gasteiger partial charge is 0.492 e. The number of benzene rings is 1. The first-order chi connectivity index (χ1) is 8.84. The molecule has 0 unspecified atom stereocenters. The molecule has 1 amide bonds. The Morgan fingerprint density at radius 1 is 1.42 bits per heavy atom. The highest BCUT2D eigenvalue weighted by atomic mass is 35.7. The molecule has 19 heavy (non-hydrogen) atoms. The van der Waals surface area contributed by atoms with Crippen LogP contribution >= 0.6 is 10.7 Å². The Hall–Kier alpha value is -1.27. The fourth-order valence-electron chi connectivity index (χ4n) is 1.46. The number of nitrogens with one attached hydrogen (secondary N) is 1. The van der Waals surface area contributed by atoms with Gasteiger partial charge in [0.25, 0.3) is 9.05 Å². The molecule has 0 radical (unpaired) electrons. The van der Waals surface area contributed by atoms with Crippen LogP contribution in [0.1, 0.15) is 18.4 Å². The predicted octanol–water partition coefficient (Wildman–Crippen LogP) is 1.83. The van der Waals surface area contributed by atoms with Crippen LogP contribution in [0.25, 0.3) is 0 Å². The summed E-state index contributed by atoms with van der Waals surface area (Å²) in [4.78, 5) is 11.0. The van der Waals surface area contributed by atoms with E-state index in [9.17, 15) is 13.2 Å². The maximum Gasteiger partial charge on any atom is 0.264 e. The molecule has 1 aromatic carbocycles. The summed E-state index contributed by atoms with van der Waals surface area (Å²) in [6.07, 6.45) is 0.820. The minimum atomic E-state index is -3.85. The summed E-state index contributed by atoms with van der Waals surface area (Å²) in [6, 6.07) is 4.75. The Kier molecular flexibility index (Phi) is 5.62. The summed E-state index contributed by atoms with van der Waals surface area (Å²) in [5.41, 5.74) is 0.775. The van der Waals surface area contributed by atoms with Gasteiger partial charge in [-0.1, -0.05) is 6.07 Å². The molecule has 0 heterocycles. The van der Waals surface area contributed by atoms with Crippen LogP contribution in [0.2, 0.25) is 0 Å². The SMILES string of the molecule is CNC(=O)CCCOc1ccc(C)cc1S(=O)(=O)Cl. The molecule has 1 rings (SSSR count). The molecule has 0 aliphatic heterocycles. The minimum Gasteiger partial charge on any atom is -0.492 e. The van der Waals surface area contributed by atoms with Crippen molar-refractivity contribution >= 4 is 25.6 Å². The first kappa shape index (κ1) is 15.8. The van der Waals surface area contributed by atoms with Crippen LogP contribution in [0.15, 0.2) is 23.1 Å². The van der Waals surface area contributed by atoms with Crippen LogP contribution in [0, 0.1) is 6.92 Å². The van der Waals surface area contributed by atoms with Crippen molar-refractivity contribution in [3.8, 4) is 5.75 Å². The number of amides is 1. The number of carbonyl (C=O) groups excluding carboxylic acids is 1. The summed E-state index contributed by atoms with van der Waals surface area (Å²) < 4.78 is 28.2. The third-order valence-electron chi connectivity index (χ3n) is 2.45. The molecule has 1 N–H and O–H groups in total. The lowest BCUT2D eigenvalue weighted by atomic mass is 10.2. The van der Waals surface area contributed by atoms with Crippen LogP contribution in [-0.2, 0) is 13.8 Å². The van der Waals surface area contributed by atoms with Crippen molar-refractivity contribution < 1.29 is 17.9 Å². The van der Waals surface area contributed by atoms with Crippen LogP contribution in [0.3, 0.4) is 0 Å². The molecule has 0 aromatic heterocycles. The molecular weight excluding hydrogens is 290 g/mol. The third kappa shape index (κ3) is 5.08. The van der Waals surface area contributed by atoms with Crippen LogP contribution in [0.5, 0.6) is 5.75 Å². The van der Waals surface area contributed by atoms with E-state index < -0.39 is 9.05 Å². The van der Waals surface area contributed by atoms with E-state index in [0.29, 0.717) is 12.8 Å². The van der Waals surface area contributed by atoms with E-state index in [1.54, 1.807) is 26.1 Å². The van der Waals surface area contributed by atoms with Gasteiger partial charge in [-0.15, -0.1) is 0 Å². The monoisotopic (exact) mass is 305 g/mol. The van der Waals surface area contributed by atoms with Gasteiger partial charge in [0, 0.05) is 24.2 Å². The molecule has 0 bridgehead atoms. The lowest BCUT2D eigenvalue weighted by Crippen LogP contribution is -2.18. The van der Waals surface area contributed by atoms with Gasteiger partial charge in [0.05, 0.1) is 6.61 Å². The number of hydrogen-bond donors (Lipinski definition) is 1. The first-order valence-corrected chi connectivity index (χ1v) is 8.04. The van der Waals surface area contributed by atoms with Crippen molar-refractivity contribution in [2.75, 3.05) is 13.7 Å². The predicted molar refractivity (Wildman–Crippen MR) is 73.0 cm³/mol. The molecule has 0 saturated carbocycles. The minimum absolute atomic E-state index is 0.0471. The van der Waals surface area contributed by atoms with Gasteiger partial charge in [0.15, 0.2) is 0 Å². The quantitative estimate of drug-likeness (QED) is 0.643. The maximum absolute atomic E-state index is 11.4. The van der Waals surface area contributed by atoms with Crippen LogP contribution in [-0.4, -0.2) is 28.0 Å². The van der Waals surface area contributed by atoms with Crippen molar-refractivity contribution in [2.45, 2.75) is 24.7 Å². The highest BCUT2D eigenvalue weighted by molar-refractivity contribution is 8.13. The number of carbonyl (C=O) groups is 1. The third-order valence-corrected chi connectivity index (χ3v) is 3.79.